The number of anilines is 2. The highest BCUT2D eigenvalue weighted by Gasteiger charge is 2.16. The molecule has 1 aromatic carbocycles. The van der Waals surface area contributed by atoms with Crippen molar-refractivity contribution in [2.24, 2.45) is 5.92 Å². The summed E-state index contributed by atoms with van der Waals surface area (Å²) < 4.78 is 4.99. The Kier molecular flexibility index (Phi) is 4.96. The third-order valence-electron chi connectivity index (χ3n) is 3.17. The number of hydrogen-bond acceptors (Lipinski definition) is 5. The number of thioether (sulfide) groups is 1. The normalized spacial score (nSPS) is 18.3. The van der Waals surface area contributed by atoms with E-state index in [4.69, 9.17) is 10.5 Å². The Morgan fingerprint density at radius 1 is 1.58 bits per heavy atom. The summed E-state index contributed by atoms with van der Waals surface area (Å²) in [6.45, 7) is 3.09. The Balaban J connectivity index is 2.00. The number of carbonyl (C=O) groups is 1. The van der Waals surface area contributed by atoms with Crippen LogP contribution in [-0.2, 0) is 4.74 Å². The van der Waals surface area contributed by atoms with Gasteiger partial charge in [-0.05, 0) is 49.0 Å². The lowest BCUT2D eigenvalue weighted by atomic mass is 10.1. The molecule has 1 atom stereocenters. The van der Waals surface area contributed by atoms with Gasteiger partial charge in [-0.1, -0.05) is 0 Å². The van der Waals surface area contributed by atoms with E-state index in [1.165, 1.54) is 17.9 Å². The molecule has 4 nitrogen and oxygen atoms in total. The van der Waals surface area contributed by atoms with E-state index in [0.29, 0.717) is 23.8 Å². The number of benzene rings is 1. The first-order valence-corrected chi connectivity index (χ1v) is 7.74. The van der Waals surface area contributed by atoms with Crippen molar-refractivity contribution in [3.8, 4) is 0 Å². The van der Waals surface area contributed by atoms with E-state index in [9.17, 15) is 4.79 Å². The highest BCUT2D eigenvalue weighted by atomic mass is 32.2. The second kappa shape index (κ2) is 6.70. The van der Waals surface area contributed by atoms with Gasteiger partial charge in [0.25, 0.3) is 0 Å². The molecule has 19 heavy (non-hydrogen) atoms. The zero-order valence-electron chi connectivity index (χ0n) is 11.1. The molecule has 1 heterocycles. The van der Waals surface area contributed by atoms with Crippen LogP contribution < -0.4 is 11.1 Å². The number of esters is 1. The quantitative estimate of drug-likeness (QED) is 0.641. The lowest BCUT2D eigenvalue weighted by Gasteiger charge is -2.13. The third-order valence-corrected chi connectivity index (χ3v) is 4.40. The van der Waals surface area contributed by atoms with Crippen LogP contribution in [0.4, 0.5) is 11.4 Å². The van der Waals surface area contributed by atoms with Crippen molar-refractivity contribution in [3.63, 3.8) is 0 Å². The molecule has 1 fully saturated rings. The average Bonchev–Trinajstić information content (AvgIpc) is 2.91. The van der Waals surface area contributed by atoms with Crippen LogP contribution in [0.1, 0.15) is 23.7 Å². The first-order valence-electron chi connectivity index (χ1n) is 6.59. The molecular weight excluding hydrogens is 260 g/mol. The molecule has 104 valence electrons. The van der Waals surface area contributed by atoms with Crippen molar-refractivity contribution in [2.45, 2.75) is 13.3 Å². The second-order valence-corrected chi connectivity index (χ2v) is 5.78. The molecule has 2 rings (SSSR count). The van der Waals surface area contributed by atoms with Crippen molar-refractivity contribution >= 4 is 29.1 Å². The molecule has 0 aliphatic carbocycles. The number of nitrogen functional groups attached to an aromatic ring is 1. The van der Waals surface area contributed by atoms with Gasteiger partial charge in [-0.15, -0.1) is 0 Å². The maximum absolute atomic E-state index is 11.7. The van der Waals surface area contributed by atoms with E-state index >= 15 is 0 Å². The summed E-state index contributed by atoms with van der Waals surface area (Å²) in [6.07, 6.45) is 1.26. The van der Waals surface area contributed by atoms with Crippen LogP contribution in [0, 0.1) is 5.92 Å². The zero-order chi connectivity index (χ0) is 13.7. The monoisotopic (exact) mass is 280 g/mol. The van der Waals surface area contributed by atoms with Crippen molar-refractivity contribution in [1.82, 2.24) is 0 Å². The van der Waals surface area contributed by atoms with Gasteiger partial charge in [0.15, 0.2) is 0 Å². The van der Waals surface area contributed by atoms with Crippen LogP contribution in [0.2, 0.25) is 0 Å². The average molecular weight is 280 g/mol. The summed E-state index contributed by atoms with van der Waals surface area (Å²) in [4.78, 5) is 11.7. The van der Waals surface area contributed by atoms with Crippen LogP contribution in [-0.4, -0.2) is 30.6 Å². The molecule has 0 aromatic heterocycles. The Bertz CT molecular complexity index is 445. The highest BCUT2D eigenvalue weighted by molar-refractivity contribution is 7.99. The number of nitrogens with one attached hydrogen (secondary N) is 1. The summed E-state index contributed by atoms with van der Waals surface area (Å²) in [5.74, 6) is 2.82. The van der Waals surface area contributed by atoms with Gasteiger partial charge < -0.3 is 15.8 Å². The Morgan fingerprint density at radius 2 is 2.42 bits per heavy atom. The fraction of sp³-hybridized carbons (Fsp3) is 0.500. The van der Waals surface area contributed by atoms with Crippen molar-refractivity contribution in [2.75, 3.05) is 35.7 Å². The van der Waals surface area contributed by atoms with Crippen molar-refractivity contribution in [1.29, 1.82) is 0 Å². The van der Waals surface area contributed by atoms with Crippen molar-refractivity contribution < 1.29 is 9.53 Å². The topological polar surface area (TPSA) is 64.3 Å². The van der Waals surface area contributed by atoms with E-state index in [1.807, 2.05) is 17.8 Å². The smallest absolute Gasteiger partial charge is 0.340 e. The fourth-order valence-corrected chi connectivity index (χ4v) is 3.34. The van der Waals surface area contributed by atoms with E-state index in [2.05, 4.69) is 5.32 Å². The minimum atomic E-state index is -0.361. The summed E-state index contributed by atoms with van der Waals surface area (Å²) in [5.41, 5.74) is 7.63. The van der Waals surface area contributed by atoms with Gasteiger partial charge in [0.2, 0.25) is 0 Å². The minimum Gasteiger partial charge on any atom is -0.462 e. The van der Waals surface area contributed by atoms with Crippen LogP contribution in [0.5, 0.6) is 0 Å². The highest BCUT2D eigenvalue weighted by Crippen LogP contribution is 2.24. The summed E-state index contributed by atoms with van der Waals surface area (Å²) in [7, 11) is 0. The summed E-state index contributed by atoms with van der Waals surface area (Å²) in [6, 6.07) is 5.42. The molecule has 1 aliphatic rings. The summed E-state index contributed by atoms with van der Waals surface area (Å²) >= 11 is 2.00. The molecule has 3 N–H and O–H groups in total. The number of nitrogens with two attached hydrogens (primary N) is 1. The molecule has 1 aromatic rings. The maximum atomic E-state index is 11.7. The molecular formula is C14H20N2O2S. The Hall–Kier alpha value is -1.36. The molecule has 0 saturated carbocycles. The van der Waals surface area contributed by atoms with Crippen LogP contribution in [0.25, 0.3) is 0 Å². The van der Waals surface area contributed by atoms with Gasteiger partial charge in [0.05, 0.1) is 12.2 Å². The van der Waals surface area contributed by atoms with Gasteiger partial charge in [-0.3, -0.25) is 0 Å². The van der Waals surface area contributed by atoms with Crippen LogP contribution >= 0.6 is 11.8 Å². The van der Waals surface area contributed by atoms with Gasteiger partial charge in [-0.25, -0.2) is 4.79 Å². The predicted molar refractivity (Wildman–Crippen MR) is 80.7 cm³/mol. The van der Waals surface area contributed by atoms with Crippen LogP contribution in [0.3, 0.4) is 0 Å². The van der Waals surface area contributed by atoms with Gasteiger partial charge in [-0.2, -0.15) is 11.8 Å². The number of carbonyl (C=O) groups excluding carboxylic acids is 1. The van der Waals surface area contributed by atoms with E-state index in [0.717, 1.165) is 12.2 Å². The number of ether oxygens (including phenoxy) is 1. The molecule has 1 unspecified atom stereocenters. The predicted octanol–water partition coefficient (Wildman–Crippen LogP) is 2.61. The largest absolute Gasteiger partial charge is 0.462 e. The number of rotatable bonds is 5. The van der Waals surface area contributed by atoms with Crippen molar-refractivity contribution in [3.05, 3.63) is 23.8 Å². The zero-order valence-corrected chi connectivity index (χ0v) is 12.0. The minimum absolute atomic E-state index is 0.356. The van der Waals surface area contributed by atoms with E-state index < -0.39 is 0 Å². The summed E-state index contributed by atoms with van der Waals surface area (Å²) in [5, 5.41) is 3.37. The van der Waals surface area contributed by atoms with Gasteiger partial charge in [0, 0.05) is 17.9 Å². The van der Waals surface area contributed by atoms with Gasteiger partial charge in [0.1, 0.15) is 0 Å². The first kappa shape index (κ1) is 14.1. The van der Waals surface area contributed by atoms with Crippen LogP contribution in [0.15, 0.2) is 18.2 Å². The van der Waals surface area contributed by atoms with Gasteiger partial charge >= 0.3 is 5.97 Å². The Labute approximate surface area is 118 Å². The molecule has 1 aliphatic heterocycles. The first-order chi connectivity index (χ1) is 9.20. The number of hydrogen-bond donors (Lipinski definition) is 2. The standard InChI is InChI=1S/C14H20N2O2S/c1-2-18-14(17)12-7-11(3-4-13(12)15)16-8-10-5-6-19-9-10/h3-4,7,10,16H,2,5-6,8-9,15H2,1H3. The maximum Gasteiger partial charge on any atom is 0.340 e. The van der Waals surface area contributed by atoms with E-state index in [1.54, 1.807) is 19.1 Å². The Morgan fingerprint density at radius 3 is 3.11 bits per heavy atom. The SMILES string of the molecule is CCOC(=O)c1cc(NCC2CCSC2)ccc1N. The molecule has 0 radical (unpaired) electrons. The molecule has 0 bridgehead atoms. The molecule has 0 amide bonds. The molecule has 0 spiro atoms. The molecule has 5 heteroatoms. The lowest BCUT2D eigenvalue weighted by Crippen LogP contribution is -2.14. The van der Waals surface area contributed by atoms with E-state index in [-0.39, 0.29) is 5.97 Å². The second-order valence-electron chi connectivity index (χ2n) is 4.63. The lowest BCUT2D eigenvalue weighted by molar-refractivity contribution is 0.0527. The fourth-order valence-electron chi connectivity index (χ4n) is 2.06. The molecule has 1 saturated heterocycles. The third kappa shape index (κ3) is 3.80.